The number of benzene rings is 1. The monoisotopic (exact) mass is 539 g/mol. The summed E-state index contributed by atoms with van der Waals surface area (Å²) in [5.41, 5.74) is 2.57. The van der Waals surface area contributed by atoms with Crippen molar-refractivity contribution in [3.8, 4) is 0 Å². The van der Waals surface area contributed by atoms with Gasteiger partial charge in [0.2, 0.25) is 11.8 Å². The first-order valence-electron chi connectivity index (χ1n) is 10.1. The molecule has 2 saturated carbocycles. The number of halogens is 2. The molecule has 0 aromatic heterocycles. The molecule has 0 N–H and O–H groups in total. The van der Waals surface area contributed by atoms with Gasteiger partial charge in [-0.3, -0.25) is 24.1 Å². The van der Waals surface area contributed by atoms with Gasteiger partial charge in [-0.15, -0.1) is 0 Å². The number of hydrogen-bond donors (Lipinski definition) is 0. The van der Waals surface area contributed by atoms with Crippen LogP contribution in [0.1, 0.15) is 34.3 Å². The summed E-state index contributed by atoms with van der Waals surface area (Å²) < 4.78 is 5.09. The van der Waals surface area contributed by atoms with Gasteiger partial charge in [-0.1, -0.05) is 44.0 Å². The van der Waals surface area contributed by atoms with Gasteiger partial charge in [0.15, 0.2) is 12.4 Å². The Morgan fingerprint density at radius 1 is 1.03 bits per heavy atom. The van der Waals surface area contributed by atoms with Crippen LogP contribution in [0.15, 0.2) is 18.2 Å². The van der Waals surface area contributed by atoms with Gasteiger partial charge in [0, 0.05) is 21.8 Å². The summed E-state index contributed by atoms with van der Waals surface area (Å²) in [4.78, 5) is 51.6. The van der Waals surface area contributed by atoms with Gasteiger partial charge >= 0.3 is 5.97 Å². The third-order valence-corrected chi connectivity index (χ3v) is 10.0. The number of imide groups is 1. The molecule has 2 amide bonds. The van der Waals surface area contributed by atoms with Crippen molar-refractivity contribution in [1.82, 2.24) is 4.90 Å². The second-order valence-electron chi connectivity index (χ2n) is 8.46. The number of alkyl halides is 2. The van der Waals surface area contributed by atoms with E-state index in [0.29, 0.717) is 5.56 Å². The van der Waals surface area contributed by atoms with Crippen molar-refractivity contribution in [2.24, 2.45) is 23.7 Å². The van der Waals surface area contributed by atoms with Crippen LogP contribution in [-0.4, -0.2) is 51.3 Å². The Labute approximate surface area is 192 Å². The van der Waals surface area contributed by atoms with Crippen LogP contribution in [-0.2, 0) is 19.1 Å². The molecular formula is C22H23Br2NO5. The van der Waals surface area contributed by atoms with Crippen LogP contribution in [0.5, 0.6) is 0 Å². The van der Waals surface area contributed by atoms with Gasteiger partial charge in [-0.05, 0) is 49.3 Å². The van der Waals surface area contributed by atoms with Crippen LogP contribution in [0.3, 0.4) is 0 Å². The van der Waals surface area contributed by atoms with E-state index in [-0.39, 0.29) is 70.5 Å². The fourth-order valence-electron chi connectivity index (χ4n) is 5.05. The molecule has 1 heterocycles. The summed E-state index contributed by atoms with van der Waals surface area (Å²) in [6, 6.07) is 5.34. The molecule has 2 bridgehead atoms. The number of ketones is 1. The Morgan fingerprint density at radius 3 is 2.20 bits per heavy atom. The third kappa shape index (κ3) is 3.55. The first-order valence-corrected chi connectivity index (χ1v) is 11.9. The number of nitrogens with zero attached hydrogens (tertiary/aromatic N) is 1. The van der Waals surface area contributed by atoms with Crippen LogP contribution in [0.4, 0.5) is 0 Å². The molecule has 6 atom stereocenters. The highest BCUT2D eigenvalue weighted by atomic mass is 79.9. The molecule has 0 radical (unpaired) electrons. The summed E-state index contributed by atoms with van der Waals surface area (Å²) >= 11 is 7.31. The first kappa shape index (κ1) is 21.7. The summed E-state index contributed by atoms with van der Waals surface area (Å²) in [5, 5.41) is 0. The molecule has 4 rings (SSSR count). The molecule has 6 nitrogen and oxygen atoms in total. The molecule has 30 heavy (non-hydrogen) atoms. The van der Waals surface area contributed by atoms with E-state index in [4.69, 9.17) is 4.74 Å². The number of esters is 1. The molecule has 2 aliphatic carbocycles. The number of aryl methyl sites for hydroxylation is 2. The van der Waals surface area contributed by atoms with E-state index in [0.717, 1.165) is 17.5 Å². The molecule has 3 aliphatic rings. The first-order chi connectivity index (χ1) is 14.2. The van der Waals surface area contributed by atoms with E-state index >= 15 is 0 Å². The Bertz CT molecular complexity index is 900. The molecule has 1 aromatic carbocycles. The quantitative estimate of drug-likeness (QED) is 0.239. The van der Waals surface area contributed by atoms with Gasteiger partial charge in [0.05, 0.1) is 18.3 Å². The van der Waals surface area contributed by atoms with Crippen LogP contribution in [0, 0.1) is 37.5 Å². The normalized spacial score (nSPS) is 31.9. The maximum atomic E-state index is 12.8. The van der Waals surface area contributed by atoms with Crippen molar-refractivity contribution in [2.75, 3.05) is 13.2 Å². The summed E-state index contributed by atoms with van der Waals surface area (Å²) in [6.45, 7) is 3.52. The van der Waals surface area contributed by atoms with Crippen LogP contribution >= 0.6 is 31.9 Å². The van der Waals surface area contributed by atoms with Crippen molar-refractivity contribution in [1.29, 1.82) is 0 Å². The SMILES string of the molecule is Cc1ccc(C(=O)COC(=O)CCN2C(=O)[C@H]3[C@@H]4C[C@@H]([C@@H](Br)[C@H]4Br)[C@@H]3C2=O)cc1C. The van der Waals surface area contributed by atoms with Crippen LogP contribution in [0.25, 0.3) is 0 Å². The molecule has 1 aliphatic heterocycles. The molecule has 1 aromatic rings. The lowest BCUT2D eigenvalue weighted by atomic mass is 9.81. The minimum atomic E-state index is -0.593. The molecular weight excluding hydrogens is 518 g/mol. The average molecular weight is 541 g/mol. The highest BCUT2D eigenvalue weighted by molar-refractivity contribution is 9.12. The number of carbonyl (C=O) groups is 4. The van der Waals surface area contributed by atoms with E-state index in [9.17, 15) is 19.2 Å². The Hall–Kier alpha value is -1.54. The highest BCUT2D eigenvalue weighted by Crippen LogP contribution is 2.60. The van der Waals surface area contributed by atoms with Gasteiger partial charge in [0.1, 0.15) is 0 Å². The lowest BCUT2D eigenvalue weighted by Gasteiger charge is -2.28. The van der Waals surface area contributed by atoms with Crippen molar-refractivity contribution in [2.45, 2.75) is 36.3 Å². The molecule has 8 heteroatoms. The van der Waals surface area contributed by atoms with Crippen LogP contribution in [0.2, 0.25) is 0 Å². The fourth-order valence-corrected chi connectivity index (χ4v) is 6.92. The molecule has 0 spiro atoms. The second kappa shape index (κ2) is 8.19. The largest absolute Gasteiger partial charge is 0.457 e. The number of carbonyl (C=O) groups excluding carboxylic acids is 4. The number of Topliss-reactive ketones (excluding diaryl/α,β-unsaturated/α-hetero) is 1. The van der Waals surface area contributed by atoms with Crippen molar-refractivity contribution in [3.63, 3.8) is 0 Å². The lowest BCUT2D eigenvalue weighted by Crippen LogP contribution is -2.37. The maximum absolute atomic E-state index is 12.8. The minimum Gasteiger partial charge on any atom is -0.457 e. The maximum Gasteiger partial charge on any atom is 0.308 e. The minimum absolute atomic E-state index is 0.000670. The van der Waals surface area contributed by atoms with Crippen LogP contribution < -0.4 is 0 Å². The lowest BCUT2D eigenvalue weighted by molar-refractivity contribution is -0.145. The number of fused-ring (bicyclic) bond motifs is 5. The molecule has 0 unspecified atom stereocenters. The van der Waals surface area contributed by atoms with E-state index in [2.05, 4.69) is 31.9 Å². The predicted octanol–water partition coefficient (Wildman–Crippen LogP) is 3.20. The number of amides is 2. The Kier molecular flexibility index (Phi) is 5.92. The smallest absolute Gasteiger partial charge is 0.308 e. The van der Waals surface area contributed by atoms with Crippen molar-refractivity contribution < 1.29 is 23.9 Å². The van der Waals surface area contributed by atoms with E-state index < -0.39 is 5.97 Å². The van der Waals surface area contributed by atoms with Gasteiger partial charge in [-0.2, -0.15) is 0 Å². The molecule has 3 fully saturated rings. The van der Waals surface area contributed by atoms with E-state index in [1.54, 1.807) is 12.1 Å². The second-order valence-corrected chi connectivity index (χ2v) is 10.6. The van der Waals surface area contributed by atoms with Crippen molar-refractivity contribution >= 4 is 55.4 Å². The topological polar surface area (TPSA) is 80.8 Å². The Balaban J connectivity index is 1.30. The van der Waals surface area contributed by atoms with E-state index in [1.165, 1.54) is 4.90 Å². The highest BCUT2D eigenvalue weighted by Gasteiger charge is 2.66. The molecule has 160 valence electrons. The van der Waals surface area contributed by atoms with Gasteiger partial charge < -0.3 is 4.74 Å². The molecule has 1 saturated heterocycles. The van der Waals surface area contributed by atoms with Gasteiger partial charge in [-0.25, -0.2) is 0 Å². The van der Waals surface area contributed by atoms with Gasteiger partial charge in [0.25, 0.3) is 0 Å². The summed E-state index contributed by atoms with van der Waals surface area (Å²) in [5.74, 6) is -1.52. The Morgan fingerprint density at radius 2 is 1.63 bits per heavy atom. The number of rotatable bonds is 6. The summed E-state index contributed by atoms with van der Waals surface area (Å²) in [7, 11) is 0. The zero-order chi connectivity index (χ0) is 21.7. The predicted molar refractivity (Wildman–Crippen MR) is 117 cm³/mol. The third-order valence-electron chi connectivity index (χ3n) is 6.81. The summed E-state index contributed by atoms with van der Waals surface area (Å²) in [6.07, 6.45) is 0.761. The number of hydrogen-bond acceptors (Lipinski definition) is 5. The number of ether oxygens (including phenoxy) is 1. The van der Waals surface area contributed by atoms with E-state index in [1.807, 2.05) is 19.9 Å². The zero-order valence-electron chi connectivity index (χ0n) is 16.8. The van der Waals surface area contributed by atoms with Crippen molar-refractivity contribution in [3.05, 3.63) is 34.9 Å². The number of likely N-dealkylation sites (tertiary alicyclic amines) is 1. The average Bonchev–Trinajstić information content (AvgIpc) is 3.32. The fraction of sp³-hybridized carbons (Fsp3) is 0.545. The standard InChI is InChI=1S/C22H23Br2NO5/c1-10-3-4-12(7-11(10)2)15(26)9-30-16(27)5-6-25-21(28)17-13-8-14(18(17)22(25)29)20(24)19(13)23/h3-4,7,13-14,17-20H,5-6,8-9H2,1-2H3/t13-,14+,17-,18-,19-,20+/m0/s1. The zero-order valence-corrected chi connectivity index (χ0v) is 19.9.